The zero-order valence-corrected chi connectivity index (χ0v) is 10.3. The number of likely N-dealkylation sites (tertiary alicyclic amines) is 1. The topological polar surface area (TPSA) is 36.4 Å². The van der Waals surface area contributed by atoms with Crippen LogP contribution in [0.4, 0.5) is 4.79 Å². The van der Waals surface area contributed by atoms with Gasteiger partial charge in [0.2, 0.25) is 0 Å². The van der Waals surface area contributed by atoms with Crippen molar-refractivity contribution in [2.24, 2.45) is 0 Å². The maximum Gasteiger partial charge on any atom is 0.320 e. The van der Waals surface area contributed by atoms with Gasteiger partial charge < -0.3 is 9.80 Å². The molecule has 1 saturated heterocycles. The molecule has 1 aliphatic heterocycles. The van der Waals surface area contributed by atoms with Crippen LogP contribution in [0.5, 0.6) is 0 Å². The van der Waals surface area contributed by atoms with Gasteiger partial charge >= 0.3 is 6.03 Å². The van der Waals surface area contributed by atoms with E-state index in [0.717, 1.165) is 38.0 Å². The molecule has 0 N–H and O–H groups in total. The van der Waals surface area contributed by atoms with Crippen LogP contribution >= 0.6 is 0 Å². The highest BCUT2D eigenvalue weighted by Crippen LogP contribution is 2.12. The van der Waals surface area contributed by atoms with Crippen LogP contribution in [-0.2, 0) is 6.54 Å². The third-order valence-electron chi connectivity index (χ3n) is 3.15. The Morgan fingerprint density at radius 2 is 2.00 bits per heavy atom. The zero-order valence-electron chi connectivity index (χ0n) is 10.3. The van der Waals surface area contributed by atoms with Crippen LogP contribution in [-0.4, -0.2) is 40.4 Å². The third-order valence-corrected chi connectivity index (χ3v) is 3.15. The quantitative estimate of drug-likeness (QED) is 0.801. The minimum atomic E-state index is 0.168. The summed E-state index contributed by atoms with van der Waals surface area (Å²) in [5, 5.41) is 0. The van der Waals surface area contributed by atoms with E-state index in [9.17, 15) is 4.79 Å². The molecule has 2 amide bonds. The summed E-state index contributed by atoms with van der Waals surface area (Å²) < 4.78 is 0. The second kappa shape index (κ2) is 5.66. The van der Waals surface area contributed by atoms with Crippen molar-refractivity contribution in [3.05, 3.63) is 30.1 Å². The molecule has 17 heavy (non-hydrogen) atoms. The fourth-order valence-electron chi connectivity index (χ4n) is 2.13. The van der Waals surface area contributed by atoms with Crippen LogP contribution < -0.4 is 0 Å². The number of rotatable bonds is 3. The van der Waals surface area contributed by atoms with Crippen molar-refractivity contribution in [3.63, 3.8) is 0 Å². The van der Waals surface area contributed by atoms with E-state index in [1.54, 1.807) is 12.4 Å². The first-order valence-electron chi connectivity index (χ1n) is 6.24. The van der Waals surface area contributed by atoms with Crippen LogP contribution in [0.15, 0.2) is 24.5 Å². The van der Waals surface area contributed by atoms with Crippen molar-refractivity contribution in [2.45, 2.75) is 26.3 Å². The molecule has 2 heterocycles. The summed E-state index contributed by atoms with van der Waals surface area (Å²) in [6.07, 6.45) is 5.81. The molecular weight excluding hydrogens is 214 g/mol. The lowest BCUT2D eigenvalue weighted by Gasteiger charge is -2.26. The molecule has 0 radical (unpaired) electrons. The maximum atomic E-state index is 12.2. The van der Waals surface area contributed by atoms with Crippen molar-refractivity contribution in [3.8, 4) is 0 Å². The van der Waals surface area contributed by atoms with E-state index >= 15 is 0 Å². The lowest BCUT2D eigenvalue weighted by atomic mass is 10.2. The van der Waals surface area contributed by atoms with Gasteiger partial charge in [-0.05, 0) is 37.5 Å². The summed E-state index contributed by atoms with van der Waals surface area (Å²) >= 11 is 0. The number of pyridine rings is 1. The normalized spacial score (nSPS) is 15.0. The molecule has 2 rings (SSSR count). The van der Waals surface area contributed by atoms with E-state index in [4.69, 9.17) is 0 Å². The summed E-state index contributed by atoms with van der Waals surface area (Å²) in [4.78, 5) is 20.0. The highest BCUT2D eigenvalue weighted by Gasteiger charge is 2.22. The van der Waals surface area contributed by atoms with Crippen LogP contribution in [0.2, 0.25) is 0 Å². The number of nitrogens with zero attached hydrogens (tertiary/aromatic N) is 3. The number of hydrogen-bond donors (Lipinski definition) is 0. The van der Waals surface area contributed by atoms with E-state index in [2.05, 4.69) is 4.98 Å². The lowest BCUT2D eigenvalue weighted by Crippen LogP contribution is -2.41. The Bertz CT molecular complexity index is 360. The summed E-state index contributed by atoms with van der Waals surface area (Å²) in [6.45, 7) is 5.26. The Labute approximate surface area is 102 Å². The molecule has 92 valence electrons. The van der Waals surface area contributed by atoms with Gasteiger partial charge in [0.15, 0.2) is 0 Å². The number of urea groups is 1. The molecule has 0 aromatic carbocycles. The summed E-state index contributed by atoms with van der Waals surface area (Å²) in [5.41, 5.74) is 1.13. The number of amides is 2. The van der Waals surface area contributed by atoms with Crippen molar-refractivity contribution in [1.29, 1.82) is 0 Å². The zero-order chi connectivity index (χ0) is 12.1. The summed E-state index contributed by atoms with van der Waals surface area (Å²) in [5.74, 6) is 0. The monoisotopic (exact) mass is 233 g/mol. The minimum absolute atomic E-state index is 0.168. The second-order valence-corrected chi connectivity index (χ2v) is 4.35. The highest BCUT2D eigenvalue weighted by molar-refractivity contribution is 5.74. The molecule has 4 nitrogen and oxygen atoms in total. The predicted molar refractivity (Wildman–Crippen MR) is 66.5 cm³/mol. The second-order valence-electron chi connectivity index (χ2n) is 4.35. The molecule has 4 heteroatoms. The van der Waals surface area contributed by atoms with Crippen molar-refractivity contribution in [1.82, 2.24) is 14.8 Å². The van der Waals surface area contributed by atoms with E-state index in [-0.39, 0.29) is 6.03 Å². The lowest BCUT2D eigenvalue weighted by molar-refractivity contribution is 0.162. The Morgan fingerprint density at radius 1 is 1.35 bits per heavy atom. The van der Waals surface area contributed by atoms with Gasteiger partial charge in [0.1, 0.15) is 0 Å². The van der Waals surface area contributed by atoms with Gasteiger partial charge in [0.05, 0.1) is 0 Å². The number of carbonyl (C=O) groups excluding carboxylic acids is 1. The van der Waals surface area contributed by atoms with Crippen LogP contribution in [0.25, 0.3) is 0 Å². The van der Waals surface area contributed by atoms with Gasteiger partial charge in [0.25, 0.3) is 0 Å². The Kier molecular flexibility index (Phi) is 3.96. The molecule has 0 aliphatic carbocycles. The van der Waals surface area contributed by atoms with Gasteiger partial charge in [-0.3, -0.25) is 4.98 Å². The van der Waals surface area contributed by atoms with Crippen LogP contribution in [0.1, 0.15) is 25.3 Å². The van der Waals surface area contributed by atoms with Gasteiger partial charge in [-0.1, -0.05) is 0 Å². The standard InChI is InChI=1S/C13H19N3O/c1-2-15(11-12-5-7-14-8-6-12)13(17)16-9-3-4-10-16/h5-8H,2-4,9-11H2,1H3. The average molecular weight is 233 g/mol. The Hall–Kier alpha value is -1.58. The fraction of sp³-hybridized carbons (Fsp3) is 0.538. The molecule has 1 aliphatic rings. The maximum absolute atomic E-state index is 12.2. The van der Waals surface area contributed by atoms with Gasteiger partial charge in [-0.15, -0.1) is 0 Å². The highest BCUT2D eigenvalue weighted by atomic mass is 16.2. The molecule has 1 aromatic rings. The number of carbonyl (C=O) groups is 1. The molecular formula is C13H19N3O. The smallest absolute Gasteiger partial charge is 0.320 e. The third kappa shape index (κ3) is 2.96. The van der Waals surface area contributed by atoms with Crippen molar-refractivity contribution < 1.29 is 4.79 Å². The summed E-state index contributed by atoms with van der Waals surface area (Å²) in [6, 6.07) is 4.08. The number of aromatic nitrogens is 1. The number of hydrogen-bond acceptors (Lipinski definition) is 2. The Balaban J connectivity index is 1.98. The predicted octanol–water partition coefficient (Wildman–Crippen LogP) is 2.12. The largest absolute Gasteiger partial charge is 0.325 e. The molecule has 0 spiro atoms. The van der Waals surface area contributed by atoms with E-state index in [0.29, 0.717) is 6.54 Å². The van der Waals surface area contributed by atoms with E-state index in [1.165, 1.54) is 0 Å². The van der Waals surface area contributed by atoms with Crippen LogP contribution in [0.3, 0.4) is 0 Å². The SMILES string of the molecule is CCN(Cc1ccncc1)C(=O)N1CCCC1. The Morgan fingerprint density at radius 3 is 2.59 bits per heavy atom. The first-order valence-corrected chi connectivity index (χ1v) is 6.24. The van der Waals surface area contributed by atoms with Gasteiger partial charge in [-0.25, -0.2) is 4.79 Å². The minimum Gasteiger partial charge on any atom is -0.325 e. The molecule has 0 bridgehead atoms. The molecule has 0 saturated carbocycles. The van der Waals surface area contributed by atoms with E-state index in [1.807, 2.05) is 28.9 Å². The first-order chi connectivity index (χ1) is 8.31. The first kappa shape index (κ1) is 11.9. The van der Waals surface area contributed by atoms with Crippen LogP contribution in [0, 0.1) is 0 Å². The van der Waals surface area contributed by atoms with Gasteiger partial charge in [0, 0.05) is 38.6 Å². The molecule has 0 atom stereocenters. The van der Waals surface area contributed by atoms with Crippen molar-refractivity contribution in [2.75, 3.05) is 19.6 Å². The van der Waals surface area contributed by atoms with Gasteiger partial charge in [-0.2, -0.15) is 0 Å². The molecule has 0 unspecified atom stereocenters. The molecule has 1 fully saturated rings. The summed E-state index contributed by atoms with van der Waals surface area (Å²) in [7, 11) is 0. The molecule has 1 aromatic heterocycles. The van der Waals surface area contributed by atoms with E-state index < -0.39 is 0 Å². The fourth-order valence-corrected chi connectivity index (χ4v) is 2.13. The average Bonchev–Trinajstić information content (AvgIpc) is 2.90. The van der Waals surface area contributed by atoms with Crippen molar-refractivity contribution >= 4 is 6.03 Å².